The first-order valence-electron chi connectivity index (χ1n) is 5.41. The molecule has 0 unspecified atom stereocenters. The molecule has 4 nitrogen and oxygen atoms in total. The number of amides is 1. The highest BCUT2D eigenvalue weighted by molar-refractivity contribution is 7.80. The van der Waals surface area contributed by atoms with Crippen molar-refractivity contribution in [2.45, 2.75) is 6.54 Å². The average molecular weight is 269 g/mol. The summed E-state index contributed by atoms with van der Waals surface area (Å²) in [5.41, 5.74) is 6.89. The van der Waals surface area contributed by atoms with Gasteiger partial charge in [-0.3, -0.25) is 9.69 Å². The molecule has 98 valence electrons. The van der Waals surface area contributed by atoms with E-state index in [1.165, 1.54) is 12.1 Å². The van der Waals surface area contributed by atoms with Crippen LogP contribution in [0.15, 0.2) is 18.2 Å². The van der Waals surface area contributed by atoms with Crippen molar-refractivity contribution in [2.24, 2.45) is 5.73 Å². The Bertz CT molecular complexity index is 465. The van der Waals surface area contributed by atoms with Gasteiger partial charge in [0, 0.05) is 19.2 Å². The van der Waals surface area contributed by atoms with Gasteiger partial charge in [-0.1, -0.05) is 12.2 Å². The molecule has 0 aliphatic heterocycles. The molecule has 18 heavy (non-hydrogen) atoms. The summed E-state index contributed by atoms with van der Waals surface area (Å²) < 4.78 is 13.2. The lowest BCUT2D eigenvalue weighted by Crippen LogP contribution is -2.33. The Morgan fingerprint density at radius 3 is 2.78 bits per heavy atom. The lowest BCUT2D eigenvalue weighted by Gasteiger charge is -2.17. The van der Waals surface area contributed by atoms with E-state index in [1.807, 2.05) is 0 Å². The fourth-order valence-electron chi connectivity index (χ4n) is 1.60. The van der Waals surface area contributed by atoms with Gasteiger partial charge in [-0.05, 0) is 30.8 Å². The molecule has 1 aromatic carbocycles. The zero-order valence-electron chi connectivity index (χ0n) is 10.4. The molecule has 3 N–H and O–H groups in total. The van der Waals surface area contributed by atoms with Crippen LogP contribution in [0.2, 0.25) is 0 Å². The van der Waals surface area contributed by atoms with Gasteiger partial charge in [-0.15, -0.1) is 0 Å². The number of likely N-dealkylation sites (N-methyl/N-ethyl adjacent to an activating group) is 2. The molecule has 0 aliphatic carbocycles. The minimum Gasteiger partial charge on any atom is -0.389 e. The van der Waals surface area contributed by atoms with E-state index >= 15 is 0 Å². The molecular formula is C12H16FN3OS. The van der Waals surface area contributed by atoms with Crippen molar-refractivity contribution in [1.29, 1.82) is 0 Å². The van der Waals surface area contributed by atoms with E-state index < -0.39 is 0 Å². The number of rotatable bonds is 5. The van der Waals surface area contributed by atoms with Crippen molar-refractivity contribution < 1.29 is 9.18 Å². The number of carbonyl (C=O) groups is 1. The smallest absolute Gasteiger partial charge is 0.233 e. The van der Waals surface area contributed by atoms with Gasteiger partial charge in [0.05, 0.1) is 6.54 Å². The second kappa shape index (κ2) is 6.42. The van der Waals surface area contributed by atoms with Gasteiger partial charge in [-0.25, -0.2) is 4.39 Å². The highest BCUT2D eigenvalue weighted by Crippen LogP contribution is 2.13. The van der Waals surface area contributed by atoms with Crippen LogP contribution in [-0.4, -0.2) is 36.4 Å². The van der Waals surface area contributed by atoms with Crippen molar-refractivity contribution in [1.82, 2.24) is 10.2 Å². The van der Waals surface area contributed by atoms with Gasteiger partial charge < -0.3 is 11.1 Å². The van der Waals surface area contributed by atoms with Crippen LogP contribution < -0.4 is 11.1 Å². The topological polar surface area (TPSA) is 58.4 Å². The molecule has 0 bridgehead atoms. The van der Waals surface area contributed by atoms with Gasteiger partial charge in [-0.2, -0.15) is 0 Å². The molecule has 1 amide bonds. The van der Waals surface area contributed by atoms with Crippen LogP contribution in [-0.2, 0) is 11.3 Å². The van der Waals surface area contributed by atoms with Gasteiger partial charge in [0.25, 0.3) is 0 Å². The minimum atomic E-state index is -0.349. The maximum Gasteiger partial charge on any atom is 0.233 e. The van der Waals surface area contributed by atoms with Crippen LogP contribution in [0.25, 0.3) is 0 Å². The zero-order chi connectivity index (χ0) is 13.7. The molecule has 1 aromatic rings. The van der Waals surface area contributed by atoms with E-state index in [1.54, 1.807) is 25.1 Å². The molecular weight excluding hydrogens is 253 g/mol. The number of benzene rings is 1. The van der Waals surface area contributed by atoms with Gasteiger partial charge in [0.15, 0.2) is 0 Å². The van der Waals surface area contributed by atoms with Crippen molar-refractivity contribution >= 4 is 23.1 Å². The number of nitrogens with zero attached hydrogens (tertiary/aromatic N) is 1. The normalized spacial score (nSPS) is 10.4. The number of nitrogens with two attached hydrogens (primary N) is 1. The fourth-order valence-corrected chi connectivity index (χ4v) is 1.80. The largest absolute Gasteiger partial charge is 0.389 e. The molecule has 0 heterocycles. The summed E-state index contributed by atoms with van der Waals surface area (Å²) >= 11 is 4.91. The van der Waals surface area contributed by atoms with E-state index in [4.69, 9.17) is 18.0 Å². The number of carbonyl (C=O) groups excluding carboxylic acids is 1. The summed E-state index contributed by atoms with van der Waals surface area (Å²) in [6, 6.07) is 4.26. The summed E-state index contributed by atoms with van der Waals surface area (Å²) in [4.78, 5) is 13.2. The molecule has 0 saturated carbocycles. The number of hydrogen-bond donors (Lipinski definition) is 2. The fraction of sp³-hybridized carbons (Fsp3) is 0.333. The predicted octanol–water partition coefficient (Wildman–Crippen LogP) is 0.638. The van der Waals surface area contributed by atoms with Crippen LogP contribution in [0.1, 0.15) is 11.1 Å². The number of hydrogen-bond acceptors (Lipinski definition) is 3. The molecule has 0 atom stereocenters. The van der Waals surface area contributed by atoms with E-state index in [-0.39, 0.29) is 23.3 Å². The lowest BCUT2D eigenvalue weighted by atomic mass is 10.1. The van der Waals surface area contributed by atoms with Crippen molar-refractivity contribution in [3.63, 3.8) is 0 Å². The maximum atomic E-state index is 13.2. The zero-order valence-corrected chi connectivity index (χ0v) is 11.2. The molecule has 0 aromatic heterocycles. The van der Waals surface area contributed by atoms with Crippen molar-refractivity contribution in [2.75, 3.05) is 20.6 Å². The van der Waals surface area contributed by atoms with Crippen LogP contribution in [0.3, 0.4) is 0 Å². The third-order valence-electron chi connectivity index (χ3n) is 2.47. The summed E-state index contributed by atoms with van der Waals surface area (Å²) in [5.74, 6) is -0.455. The quantitative estimate of drug-likeness (QED) is 0.770. The SMILES string of the molecule is CNC(=O)CN(C)Cc1cc(F)ccc1C(N)=S. The summed E-state index contributed by atoms with van der Waals surface area (Å²) in [6.45, 7) is 0.627. The molecule has 0 fully saturated rings. The molecule has 6 heteroatoms. The maximum absolute atomic E-state index is 13.2. The number of thiocarbonyl (C=S) groups is 1. The Hall–Kier alpha value is -1.53. The second-order valence-corrected chi connectivity index (χ2v) is 4.45. The average Bonchev–Trinajstić information content (AvgIpc) is 2.28. The Morgan fingerprint density at radius 2 is 2.22 bits per heavy atom. The van der Waals surface area contributed by atoms with Crippen LogP contribution in [0, 0.1) is 5.82 Å². The van der Waals surface area contributed by atoms with E-state index in [9.17, 15) is 9.18 Å². The third kappa shape index (κ3) is 4.05. The molecule has 1 rings (SSSR count). The van der Waals surface area contributed by atoms with Gasteiger partial charge in [0.2, 0.25) is 5.91 Å². The Labute approximate surface area is 111 Å². The number of nitrogens with one attached hydrogen (secondary N) is 1. The van der Waals surface area contributed by atoms with Crippen LogP contribution in [0.5, 0.6) is 0 Å². The van der Waals surface area contributed by atoms with E-state index in [2.05, 4.69) is 5.32 Å². The van der Waals surface area contributed by atoms with E-state index in [0.717, 1.165) is 0 Å². The second-order valence-electron chi connectivity index (χ2n) is 4.01. The monoisotopic (exact) mass is 269 g/mol. The van der Waals surface area contributed by atoms with Crippen LogP contribution in [0.4, 0.5) is 4.39 Å². The standard InChI is InChI=1S/C12H16FN3OS/c1-15-11(17)7-16(2)6-8-5-9(13)3-4-10(8)12(14)18/h3-5H,6-7H2,1-2H3,(H2,14,18)(H,15,17). The summed E-state index contributed by atoms with van der Waals surface area (Å²) in [7, 11) is 3.34. The van der Waals surface area contributed by atoms with E-state index in [0.29, 0.717) is 17.7 Å². The first-order valence-corrected chi connectivity index (χ1v) is 5.82. The first-order chi connectivity index (χ1) is 8.43. The first kappa shape index (κ1) is 14.5. The van der Waals surface area contributed by atoms with Crippen LogP contribution >= 0.6 is 12.2 Å². The Kier molecular flexibility index (Phi) is 5.18. The minimum absolute atomic E-state index is 0.106. The van der Waals surface area contributed by atoms with Gasteiger partial charge in [0.1, 0.15) is 10.8 Å². The van der Waals surface area contributed by atoms with Crippen molar-refractivity contribution in [3.05, 3.63) is 35.1 Å². The Morgan fingerprint density at radius 1 is 1.56 bits per heavy atom. The molecule has 0 radical (unpaired) electrons. The lowest BCUT2D eigenvalue weighted by molar-refractivity contribution is -0.121. The summed E-state index contributed by atoms with van der Waals surface area (Å²) in [6.07, 6.45) is 0. The van der Waals surface area contributed by atoms with Gasteiger partial charge >= 0.3 is 0 Å². The molecule has 0 saturated heterocycles. The highest BCUT2D eigenvalue weighted by atomic mass is 32.1. The Balaban J connectivity index is 2.85. The predicted molar refractivity (Wildman–Crippen MR) is 72.7 cm³/mol. The third-order valence-corrected chi connectivity index (χ3v) is 2.69. The van der Waals surface area contributed by atoms with Crippen molar-refractivity contribution in [3.8, 4) is 0 Å². The summed E-state index contributed by atoms with van der Waals surface area (Å²) in [5, 5.41) is 2.53. The molecule has 0 spiro atoms. The highest BCUT2D eigenvalue weighted by Gasteiger charge is 2.11. The number of halogens is 1. The molecule has 0 aliphatic rings.